The second-order valence-corrected chi connectivity index (χ2v) is 4.92. The molecule has 1 saturated heterocycles. The Balaban J connectivity index is 0.00000116. The van der Waals surface area contributed by atoms with Crippen LogP contribution in [-0.2, 0) is 6.54 Å². The van der Waals surface area contributed by atoms with Crippen LogP contribution in [0, 0.1) is 20.2 Å². The number of hydrogen-bond donors (Lipinski definition) is 0. The highest BCUT2D eigenvalue weighted by atomic mass is 16.6. The Morgan fingerprint density at radius 1 is 1.00 bits per heavy atom. The molecule has 2 rings (SSSR count). The van der Waals surface area contributed by atoms with Crippen molar-refractivity contribution in [1.82, 2.24) is 9.80 Å². The number of likely N-dealkylation sites (N-methyl/N-ethyl adjacent to an activating group) is 1. The maximum Gasteiger partial charge on any atom is 0.346 e. The van der Waals surface area contributed by atoms with Gasteiger partial charge in [-0.25, -0.2) is 0 Å². The van der Waals surface area contributed by atoms with Crippen molar-refractivity contribution in [3.63, 3.8) is 0 Å². The fourth-order valence-electron chi connectivity index (χ4n) is 2.23. The van der Waals surface area contributed by atoms with Crippen molar-refractivity contribution < 1.29 is 9.85 Å². The molecular formula is C14H22N4O4. The molecule has 22 heavy (non-hydrogen) atoms. The SMILES string of the molecule is CC.CN1CCN(Cc2ccc([N+](=O)[O-])c([N+](=O)[O-])c2)CC1. The molecule has 0 N–H and O–H groups in total. The molecule has 1 heterocycles. The molecule has 0 saturated carbocycles. The summed E-state index contributed by atoms with van der Waals surface area (Å²) in [6.07, 6.45) is 0. The summed E-state index contributed by atoms with van der Waals surface area (Å²) < 4.78 is 0. The quantitative estimate of drug-likeness (QED) is 0.625. The summed E-state index contributed by atoms with van der Waals surface area (Å²) in [5.74, 6) is 0. The molecule has 0 amide bonds. The fourth-order valence-corrected chi connectivity index (χ4v) is 2.23. The van der Waals surface area contributed by atoms with Crippen LogP contribution < -0.4 is 0 Å². The lowest BCUT2D eigenvalue weighted by Gasteiger charge is -2.32. The zero-order chi connectivity index (χ0) is 16.7. The summed E-state index contributed by atoms with van der Waals surface area (Å²) in [4.78, 5) is 24.6. The number of rotatable bonds is 4. The van der Waals surface area contributed by atoms with E-state index in [-0.39, 0.29) is 0 Å². The molecule has 8 heteroatoms. The van der Waals surface area contributed by atoms with E-state index in [1.165, 1.54) is 12.1 Å². The molecule has 1 fully saturated rings. The number of nitro benzene ring substituents is 2. The van der Waals surface area contributed by atoms with Crippen molar-refractivity contribution >= 4 is 11.4 Å². The first-order valence-electron chi connectivity index (χ1n) is 7.30. The van der Waals surface area contributed by atoms with E-state index in [4.69, 9.17) is 0 Å². The van der Waals surface area contributed by atoms with Gasteiger partial charge in [0.05, 0.1) is 9.85 Å². The minimum Gasteiger partial charge on any atom is -0.304 e. The van der Waals surface area contributed by atoms with Crippen molar-refractivity contribution in [3.8, 4) is 0 Å². The molecule has 8 nitrogen and oxygen atoms in total. The maximum absolute atomic E-state index is 10.9. The molecule has 0 atom stereocenters. The molecule has 1 aliphatic rings. The van der Waals surface area contributed by atoms with Gasteiger partial charge in [-0.15, -0.1) is 0 Å². The number of nitrogens with zero attached hydrogens (tertiary/aromatic N) is 4. The van der Waals surface area contributed by atoms with Gasteiger partial charge in [0.25, 0.3) is 0 Å². The van der Waals surface area contributed by atoms with Crippen LogP contribution in [0.1, 0.15) is 19.4 Å². The average Bonchev–Trinajstić information content (AvgIpc) is 2.51. The second-order valence-electron chi connectivity index (χ2n) is 4.92. The predicted molar refractivity (Wildman–Crippen MR) is 83.9 cm³/mol. The van der Waals surface area contributed by atoms with Gasteiger partial charge in [-0.3, -0.25) is 25.1 Å². The van der Waals surface area contributed by atoms with Gasteiger partial charge in [0.2, 0.25) is 0 Å². The van der Waals surface area contributed by atoms with Crippen molar-refractivity contribution in [2.45, 2.75) is 20.4 Å². The summed E-state index contributed by atoms with van der Waals surface area (Å²) in [6, 6.07) is 4.10. The Kier molecular flexibility index (Phi) is 6.87. The highest BCUT2D eigenvalue weighted by molar-refractivity contribution is 5.54. The highest BCUT2D eigenvalue weighted by Crippen LogP contribution is 2.28. The van der Waals surface area contributed by atoms with E-state index >= 15 is 0 Å². The smallest absolute Gasteiger partial charge is 0.304 e. The van der Waals surface area contributed by atoms with Gasteiger partial charge in [0, 0.05) is 44.9 Å². The Labute approximate surface area is 129 Å². The number of nitro groups is 2. The van der Waals surface area contributed by atoms with Crippen LogP contribution in [0.2, 0.25) is 0 Å². The van der Waals surface area contributed by atoms with Gasteiger partial charge < -0.3 is 4.90 Å². The lowest BCUT2D eigenvalue weighted by atomic mass is 10.1. The van der Waals surface area contributed by atoms with Crippen LogP contribution in [0.3, 0.4) is 0 Å². The van der Waals surface area contributed by atoms with Gasteiger partial charge in [0.15, 0.2) is 0 Å². The fraction of sp³-hybridized carbons (Fsp3) is 0.571. The number of benzene rings is 1. The Morgan fingerprint density at radius 3 is 2.05 bits per heavy atom. The standard InChI is InChI=1S/C12H16N4O4.C2H6/c1-13-4-6-14(7-5-13)9-10-2-3-11(15(17)18)12(8-10)16(19)20;1-2/h2-3,8H,4-7,9H2,1H3;1-2H3. The van der Waals surface area contributed by atoms with Gasteiger partial charge in [-0.1, -0.05) is 19.9 Å². The van der Waals surface area contributed by atoms with Gasteiger partial charge in [-0.2, -0.15) is 0 Å². The van der Waals surface area contributed by atoms with Crippen LogP contribution in [0.25, 0.3) is 0 Å². The highest BCUT2D eigenvalue weighted by Gasteiger charge is 2.24. The normalized spacial score (nSPS) is 15.8. The topological polar surface area (TPSA) is 92.8 Å². The first kappa shape index (κ1) is 18.0. The van der Waals surface area contributed by atoms with Crippen LogP contribution in [0.5, 0.6) is 0 Å². The Hall–Kier alpha value is -2.06. The largest absolute Gasteiger partial charge is 0.346 e. The van der Waals surface area contributed by atoms with Gasteiger partial charge >= 0.3 is 11.4 Å². The molecule has 0 spiro atoms. The first-order valence-corrected chi connectivity index (χ1v) is 7.30. The molecule has 122 valence electrons. The van der Waals surface area contributed by atoms with Crippen LogP contribution in [0.4, 0.5) is 11.4 Å². The molecule has 0 unspecified atom stereocenters. The van der Waals surface area contributed by atoms with E-state index in [1.807, 2.05) is 20.9 Å². The average molecular weight is 310 g/mol. The van der Waals surface area contributed by atoms with Crippen molar-refractivity contribution in [3.05, 3.63) is 44.0 Å². The number of piperazine rings is 1. The summed E-state index contributed by atoms with van der Waals surface area (Å²) in [6.45, 7) is 8.26. The third-order valence-corrected chi connectivity index (χ3v) is 3.44. The summed E-state index contributed by atoms with van der Waals surface area (Å²) in [5.41, 5.74) is -0.175. The van der Waals surface area contributed by atoms with E-state index in [0.29, 0.717) is 6.54 Å². The molecule has 0 aromatic heterocycles. The molecule has 1 aliphatic heterocycles. The zero-order valence-corrected chi connectivity index (χ0v) is 13.2. The van der Waals surface area contributed by atoms with Gasteiger partial charge in [-0.05, 0) is 12.6 Å². The van der Waals surface area contributed by atoms with E-state index in [1.54, 1.807) is 6.07 Å². The third kappa shape index (κ3) is 4.74. The van der Waals surface area contributed by atoms with E-state index < -0.39 is 21.2 Å². The van der Waals surface area contributed by atoms with Crippen molar-refractivity contribution in [2.75, 3.05) is 33.2 Å². The minimum atomic E-state index is -0.724. The monoisotopic (exact) mass is 310 g/mol. The van der Waals surface area contributed by atoms with Crippen molar-refractivity contribution in [1.29, 1.82) is 0 Å². The van der Waals surface area contributed by atoms with Crippen LogP contribution in [0.15, 0.2) is 18.2 Å². The molecule has 0 bridgehead atoms. The Morgan fingerprint density at radius 2 is 1.55 bits per heavy atom. The third-order valence-electron chi connectivity index (χ3n) is 3.44. The predicted octanol–water partition coefficient (Wildman–Crippen LogP) is 2.28. The van der Waals surface area contributed by atoms with Crippen LogP contribution in [-0.4, -0.2) is 52.9 Å². The summed E-state index contributed by atoms with van der Waals surface area (Å²) >= 11 is 0. The zero-order valence-electron chi connectivity index (χ0n) is 13.2. The minimum absolute atomic E-state index is 0.443. The van der Waals surface area contributed by atoms with E-state index in [2.05, 4.69) is 9.80 Å². The summed E-state index contributed by atoms with van der Waals surface area (Å²) in [5, 5.41) is 21.6. The van der Waals surface area contributed by atoms with E-state index in [0.717, 1.165) is 31.7 Å². The lowest BCUT2D eigenvalue weighted by molar-refractivity contribution is -0.422. The molecular weight excluding hydrogens is 288 g/mol. The molecule has 0 aliphatic carbocycles. The van der Waals surface area contributed by atoms with E-state index in [9.17, 15) is 20.2 Å². The molecule has 1 aromatic rings. The maximum atomic E-state index is 10.9. The first-order chi connectivity index (χ1) is 10.5. The summed E-state index contributed by atoms with van der Waals surface area (Å²) in [7, 11) is 2.05. The number of hydrogen-bond acceptors (Lipinski definition) is 6. The van der Waals surface area contributed by atoms with Gasteiger partial charge in [0.1, 0.15) is 0 Å². The Bertz CT molecular complexity index is 528. The molecule has 0 radical (unpaired) electrons. The molecule has 1 aromatic carbocycles. The van der Waals surface area contributed by atoms with Crippen molar-refractivity contribution in [2.24, 2.45) is 0 Å². The van der Waals surface area contributed by atoms with Crippen LogP contribution >= 0.6 is 0 Å². The second kappa shape index (κ2) is 8.40. The lowest BCUT2D eigenvalue weighted by Crippen LogP contribution is -2.43.